The van der Waals surface area contributed by atoms with Crippen molar-refractivity contribution in [2.24, 2.45) is 0 Å². The summed E-state index contributed by atoms with van der Waals surface area (Å²) in [5.41, 5.74) is 0.538. The summed E-state index contributed by atoms with van der Waals surface area (Å²) in [6.45, 7) is 1.23. The average Bonchev–Trinajstić information content (AvgIpc) is 2.98. The number of urea groups is 1. The summed E-state index contributed by atoms with van der Waals surface area (Å²) in [5.74, 6) is 1.75. The SMILES string of the molecule is O=C(NCc1nnc2n1CCC2)Nc1cc(Cl)cc(Cl)c1. The van der Waals surface area contributed by atoms with E-state index in [1.54, 1.807) is 18.2 Å². The molecular formula is C13H13Cl2N5O. The molecule has 0 radical (unpaired) electrons. The van der Waals surface area contributed by atoms with Crippen LogP contribution in [0.15, 0.2) is 18.2 Å². The van der Waals surface area contributed by atoms with Gasteiger partial charge in [-0.25, -0.2) is 4.79 Å². The Balaban J connectivity index is 1.59. The Hall–Kier alpha value is -1.79. The Morgan fingerprint density at radius 2 is 2.00 bits per heavy atom. The largest absolute Gasteiger partial charge is 0.331 e. The number of halogens is 2. The Morgan fingerprint density at radius 1 is 1.24 bits per heavy atom. The smallest absolute Gasteiger partial charge is 0.319 e. The number of nitrogens with zero attached hydrogens (tertiary/aromatic N) is 3. The molecule has 0 bridgehead atoms. The number of carbonyl (C=O) groups is 1. The predicted molar refractivity (Wildman–Crippen MR) is 80.7 cm³/mol. The predicted octanol–water partition coefficient (Wildman–Crippen LogP) is 2.85. The van der Waals surface area contributed by atoms with Crippen LogP contribution in [0.2, 0.25) is 10.0 Å². The van der Waals surface area contributed by atoms with Gasteiger partial charge in [-0.3, -0.25) is 0 Å². The van der Waals surface area contributed by atoms with Crippen LogP contribution in [-0.4, -0.2) is 20.8 Å². The first-order valence-corrected chi connectivity index (χ1v) is 7.29. The molecule has 3 rings (SSSR count). The lowest BCUT2D eigenvalue weighted by molar-refractivity contribution is 0.251. The van der Waals surface area contributed by atoms with Crippen molar-refractivity contribution < 1.29 is 4.79 Å². The zero-order valence-electron chi connectivity index (χ0n) is 11.1. The third kappa shape index (κ3) is 3.28. The average molecular weight is 326 g/mol. The van der Waals surface area contributed by atoms with E-state index in [9.17, 15) is 4.79 Å². The van der Waals surface area contributed by atoms with Gasteiger partial charge in [-0.05, 0) is 24.6 Å². The van der Waals surface area contributed by atoms with E-state index in [0.29, 0.717) is 22.3 Å². The zero-order chi connectivity index (χ0) is 14.8. The van der Waals surface area contributed by atoms with Crippen LogP contribution in [-0.2, 0) is 19.5 Å². The fourth-order valence-corrected chi connectivity index (χ4v) is 2.83. The molecule has 0 saturated heterocycles. The summed E-state index contributed by atoms with van der Waals surface area (Å²) in [6, 6.07) is 4.51. The minimum Gasteiger partial charge on any atom is -0.331 e. The molecule has 2 N–H and O–H groups in total. The molecule has 21 heavy (non-hydrogen) atoms. The number of aromatic nitrogens is 3. The molecular weight excluding hydrogens is 313 g/mol. The Morgan fingerprint density at radius 3 is 2.76 bits per heavy atom. The monoisotopic (exact) mass is 325 g/mol. The van der Waals surface area contributed by atoms with Gasteiger partial charge in [-0.2, -0.15) is 0 Å². The first-order chi connectivity index (χ1) is 10.1. The highest BCUT2D eigenvalue weighted by Gasteiger charge is 2.17. The molecule has 1 aliphatic rings. The van der Waals surface area contributed by atoms with Crippen LogP contribution in [0.5, 0.6) is 0 Å². The molecule has 2 aromatic rings. The van der Waals surface area contributed by atoms with Crippen LogP contribution in [0.4, 0.5) is 10.5 Å². The second kappa shape index (κ2) is 5.91. The molecule has 1 aliphatic heterocycles. The quantitative estimate of drug-likeness (QED) is 0.911. The van der Waals surface area contributed by atoms with Crippen molar-refractivity contribution in [3.8, 4) is 0 Å². The number of anilines is 1. The van der Waals surface area contributed by atoms with Gasteiger partial charge in [-0.1, -0.05) is 23.2 Å². The van der Waals surface area contributed by atoms with Gasteiger partial charge >= 0.3 is 6.03 Å². The number of amides is 2. The topological polar surface area (TPSA) is 71.8 Å². The molecule has 1 aromatic heterocycles. The first-order valence-electron chi connectivity index (χ1n) is 6.54. The third-order valence-corrected chi connectivity index (χ3v) is 3.65. The number of benzene rings is 1. The van der Waals surface area contributed by atoms with E-state index in [0.717, 1.165) is 31.0 Å². The Bertz CT molecular complexity index is 665. The summed E-state index contributed by atoms with van der Waals surface area (Å²) in [7, 11) is 0. The second-order valence-corrected chi connectivity index (χ2v) is 5.63. The normalized spacial score (nSPS) is 13.0. The highest BCUT2D eigenvalue weighted by Crippen LogP contribution is 2.22. The number of carbonyl (C=O) groups excluding carboxylic acids is 1. The van der Waals surface area contributed by atoms with Crippen LogP contribution < -0.4 is 10.6 Å². The maximum absolute atomic E-state index is 11.9. The van der Waals surface area contributed by atoms with E-state index < -0.39 is 0 Å². The maximum Gasteiger partial charge on any atom is 0.319 e. The molecule has 0 saturated carbocycles. The zero-order valence-corrected chi connectivity index (χ0v) is 12.6. The fraction of sp³-hybridized carbons (Fsp3) is 0.308. The fourth-order valence-electron chi connectivity index (χ4n) is 2.30. The van der Waals surface area contributed by atoms with Crippen molar-refractivity contribution in [1.82, 2.24) is 20.1 Å². The molecule has 2 heterocycles. The summed E-state index contributed by atoms with van der Waals surface area (Å²) in [4.78, 5) is 11.9. The van der Waals surface area contributed by atoms with Gasteiger partial charge in [0, 0.05) is 28.7 Å². The Labute approximate surface area is 131 Å². The molecule has 0 unspecified atom stereocenters. The van der Waals surface area contributed by atoms with E-state index in [2.05, 4.69) is 20.8 Å². The molecule has 6 nitrogen and oxygen atoms in total. The lowest BCUT2D eigenvalue weighted by Gasteiger charge is -2.08. The van der Waals surface area contributed by atoms with Gasteiger partial charge in [0.05, 0.1) is 6.54 Å². The molecule has 8 heteroatoms. The van der Waals surface area contributed by atoms with E-state index in [1.165, 1.54) is 0 Å². The van der Waals surface area contributed by atoms with Crippen molar-refractivity contribution in [1.29, 1.82) is 0 Å². The molecule has 0 fully saturated rings. The highest BCUT2D eigenvalue weighted by molar-refractivity contribution is 6.35. The lowest BCUT2D eigenvalue weighted by atomic mass is 10.3. The van der Waals surface area contributed by atoms with Crippen molar-refractivity contribution in [2.45, 2.75) is 25.9 Å². The van der Waals surface area contributed by atoms with E-state index in [-0.39, 0.29) is 6.03 Å². The summed E-state index contributed by atoms with van der Waals surface area (Å²) >= 11 is 11.8. The number of aryl methyl sites for hydroxylation is 1. The van der Waals surface area contributed by atoms with Crippen LogP contribution >= 0.6 is 23.2 Å². The number of rotatable bonds is 3. The van der Waals surface area contributed by atoms with Crippen LogP contribution in [0.1, 0.15) is 18.1 Å². The third-order valence-electron chi connectivity index (χ3n) is 3.21. The van der Waals surface area contributed by atoms with Crippen LogP contribution in [0.25, 0.3) is 0 Å². The molecule has 1 aromatic carbocycles. The van der Waals surface area contributed by atoms with Gasteiger partial charge in [0.2, 0.25) is 0 Å². The van der Waals surface area contributed by atoms with Gasteiger partial charge in [0.15, 0.2) is 5.82 Å². The minimum absolute atomic E-state index is 0.327. The summed E-state index contributed by atoms with van der Waals surface area (Å²) in [6.07, 6.45) is 2.02. The maximum atomic E-state index is 11.9. The van der Waals surface area contributed by atoms with Crippen LogP contribution in [0.3, 0.4) is 0 Å². The van der Waals surface area contributed by atoms with E-state index >= 15 is 0 Å². The Kier molecular flexibility index (Phi) is 3.98. The second-order valence-electron chi connectivity index (χ2n) is 4.75. The number of nitrogens with one attached hydrogen (secondary N) is 2. The molecule has 0 aliphatic carbocycles. The van der Waals surface area contributed by atoms with E-state index in [1.807, 2.05) is 4.57 Å². The number of hydrogen-bond acceptors (Lipinski definition) is 3. The molecule has 0 atom stereocenters. The standard InChI is InChI=1S/C13H13Cl2N5O/c14-8-4-9(15)6-10(5-8)17-13(21)16-7-12-19-18-11-2-1-3-20(11)12/h4-6H,1-3,7H2,(H2,16,17,21). The molecule has 0 spiro atoms. The van der Waals surface area contributed by atoms with E-state index in [4.69, 9.17) is 23.2 Å². The van der Waals surface area contributed by atoms with Crippen molar-refractivity contribution in [3.05, 3.63) is 39.9 Å². The summed E-state index contributed by atoms with van der Waals surface area (Å²) < 4.78 is 2.04. The molecule has 2 amide bonds. The highest BCUT2D eigenvalue weighted by atomic mass is 35.5. The molecule has 110 valence electrons. The minimum atomic E-state index is -0.344. The van der Waals surface area contributed by atoms with Gasteiger partial charge in [0.1, 0.15) is 5.82 Å². The summed E-state index contributed by atoms with van der Waals surface area (Å²) in [5, 5.41) is 14.5. The number of fused-ring (bicyclic) bond motifs is 1. The number of hydrogen-bond donors (Lipinski definition) is 2. The van der Waals surface area contributed by atoms with Crippen molar-refractivity contribution >= 4 is 34.9 Å². The van der Waals surface area contributed by atoms with Crippen molar-refractivity contribution in [3.63, 3.8) is 0 Å². The van der Waals surface area contributed by atoms with Gasteiger partial charge in [0.25, 0.3) is 0 Å². The first kappa shape index (κ1) is 14.2. The van der Waals surface area contributed by atoms with Gasteiger partial charge < -0.3 is 15.2 Å². The lowest BCUT2D eigenvalue weighted by Crippen LogP contribution is -2.29. The van der Waals surface area contributed by atoms with Crippen LogP contribution in [0, 0.1) is 0 Å². The van der Waals surface area contributed by atoms with Crippen molar-refractivity contribution in [2.75, 3.05) is 5.32 Å². The van der Waals surface area contributed by atoms with Gasteiger partial charge in [-0.15, -0.1) is 10.2 Å².